The fourth-order valence-corrected chi connectivity index (χ4v) is 3.37. The molecule has 0 aliphatic rings. The van der Waals surface area contributed by atoms with E-state index in [9.17, 15) is 0 Å². The van der Waals surface area contributed by atoms with E-state index in [0.29, 0.717) is 5.92 Å². The topological polar surface area (TPSA) is 37.8 Å². The van der Waals surface area contributed by atoms with E-state index in [1.165, 1.54) is 5.01 Å². The van der Waals surface area contributed by atoms with E-state index in [1.54, 1.807) is 11.3 Å². The predicted octanol–water partition coefficient (Wildman–Crippen LogP) is 3.96. The van der Waals surface area contributed by atoms with Crippen LogP contribution in [0.25, 0.3) is 0 Å². The number of thiazole rings is 1. The second-order valence-corrected chi connectivity index (χ2v) is 6.68. The molecule has 2 aromatic rings. The second kappa shape index (κ2) is 6.75. The normalized spacial score (nSPS) is 12.6. The van der Waals surface area contributed by atoms with Crippen LogP contribution in [0.1, 0.15) is 23.5 Å². The molecule has 0 radical (unpaired) electrons. The predicted molar refractivity (Wildman–Crippen MR) is 81.9 cm³/mol. The fourth-order valence-electron chi connectivity index (χ4n) is 1.55. The van der Waals surface area contributed by atoms with Gasteiger partial charge in [-0.25, -0.2) is 4.98 Å². The first-order valence-corrected chi connectivity index (χ1v) is 8.03. The van der Waals surface area contributed by atoms with Gasteiger partial charge >= 0.3 is 0 Å². The largest absolute Gasteiger partial charge is 0.310 e. The van der Waals surface area contributed by atoms with Crippen molar-refractivity contribution in [2.24, 2.45) is 0 Å². The average molecular weight is 391 g/mol. The molecule has 2 heterocycles. The minimum Gasteiger partial charge on any atom is -0.310 e. The summed E-state index contributed by atoms with van der Waals surface area (Å²) in [6.45, 7) is 3.83. The molecule has 0 bridgehead atoms. The maximum absolute atomic E-state index is 4.37. The first-order valence-electron chi connectivity index (χ1n) is 5.57. The van der Waals surface area contributed by atoms with Crippen LogP contribution >= 0.6 is 43.2 Å². The van der Waals surface area contributed by atoms with E-state index < -0.39 is 0 Å². The SMILES string of the molecule is CC(CNCc1ncc(Br)cc1Br)c1nccs1. The molecule has 0 fully saturated rings. The number of pyridine rings is 1. The number of halogens is 2. The van der Waals surface area contributed by atoms with Crippen LogP contribution in [0.15, 0.2) is 32.8 Å². The molecule has 0 saturated carbocycles. The molecule has 1 N–H and O–H groups in total. The van der Waals surface area contributed by atoms with Gasteiger partial charge in [-0.05, 0) is 37.9 Å². The molecular formula is C12H13Br2N3S. The number of nitrogens with one attached hydrogen (secondary N) is 1. The number of hydrogen-bond donors (Lipinski definition) is 1. The van der Waals surface area contributed by atoms with Crippen molar-refractivity contribution < 1.29 is 0 Å². The van der Waals surface area contributed by atoms with Gasteiger partial charge in [-0.3, -0.25) is 4.98 Å². The van der Waals surface area contributed by atoms with Crippen molar-refractivity contribution in [3.8, 4) is 0 Å². The van der Waals surface area contributed by atoms with Crippen LogP contribution in [0.5, 0.6) is 0 Å². The molecule has 0 aliphatic heterocycles. The van der Waals surface area contributed by atoms with Gasteiger partial charge < -0.3 is 5.32 Å². The van der Waals surface area contributed by atoms with Crippen LogP contribution in [0, 0.1) is 0 Å². The summed E-state index contributed by atoms with van der Waals surface area (Å²) in [4.78, 5) is 8.69. The van der Waals surface area contributed by atoms with E-state index in [4.69, 9.17) is 0 Å². The quantitative estimate of drug-likeness (QED) is 0.839. The third-order valence-electron chi connectivity index (χ3n) is 2.50. The fraction of sp³-hybridized carbons (Fsp3) is 0.333. The Morgan fingerprint density at radius 3 is 2.89 bits per heavy atom. The maximum atomic E-state index is 4.37. The highest BCUT2D eigenvalue weighted by atomic mass is 79.9. The van der Waals surface area contributed by atoms with Gasteiger partial charge in [0.2, 0.25) is 0 Å². The van der Waals surface area contributed by atoms with Gasteiger partial charge in [0.25, 0.3) is 0 Å². The molecule has 0 aromatic carbocycles. The van der Waals surface area contributed by atoms with E-state index in [1.807, 2.05) is 23.8 Å². The van der Waals surface area contributed by atoms with Gasteiger partial charge in [-0.15, -0.1) is 11.3 Å². The molecule has 0 aliphatic carbocycles. The highest BCUT2D eigenvalue weighted by Crippen LogP contribution is 2.20. The zero-order chi connectivity index (χ0) is 13.0. The first kappa shape index (κ1) is 14.1. The van der Waals surface area contributed by atoms with Crippen LogP contribution in [0.4, 0.5) is 0 Å². The van der Waals surface area contributed by atoms with Crippen LogP contribution in [0.3, 0.4) is 0 Å². The minimum absolute atomic E-state index is 0.430. The van der Waals surface area contributed by atoms with E-state index in [0.717, 1.165) is 27.7 Å². The maximum Gasteiger partial charge on any atom is 0.0965 e. The van der Waals surface area contributed by atoms with Gasteiger partial charge in [0, 0.05) is 45.7 Å². The summed E-state index contributed by atoms with van der Waals surface area (Å²) >= 11 is 8.60. The molecule has 96 valence electrons. The van der Waals surface area contributed by atoms with Gasteiger partial charge in [-0.2, -0.15) is 0 Å². The zero-order valence-corrected chi connectivity index (χ0v) is 13.8. The molecule has 0 spiro atoms. The van der Waals surface area contributed by atoms with Crippen molar-refractivity contribution in [3.05, 3.63) is 43.5 Å². The molecule has 3 nitrogen and oxygen atoms in total. The standard InChI is InChI=1S/C12H13Br2N3S/c1-8(12-16-2-3-18-12)5-15-7-11-10(14)4-9(13)6-17-11/h2-4,6,8,15H,5,7H2,1H3. The first-order chi connectivity index (χ1) is 8.66. The average Bonchev–Trinajstić information content (AvgIpc) is 2.85. The Labute approximate surface area is 127 Å². The Bertz CT molecular complexity index is 502. The highest BCUT2D eigenvalue weighted by molar-refractivity contribution is 9.11. The van der Waals surface area contributed by atoms with Crippen LogP contribution < -0.4 is 5.32 Å². The van der Waals surface area contributed by atoms with Crippen molar-refractivity contribution in [1.29, 1.82) is 0 Å². The molecule has 1 atom stereocenters. The molecular weight excluding hydrogens is 378 g/mol. The van der Waals surface area contributed by atoms with Gasteiger partial charge in [0.15, 0.2) is 0 Å². The summed E-state index contributed by atoms with van der Waals surface area (Å²) in [5.74, 6) is 0.430. The minimum atomic E-state index is 0.430. The Morgan fingerprint density at radius 1 is 1.39 bits per heavy atom. The highest BCUT2D eigenvalue weighted by Gasteiger charge is 2.08. The van der Waals surface area contributed by atoms with Crippen LogP contribution in [-0.4, -0.2) is 16.5 Å². The van der Waals surface area contributed by atoms with E-state index >= 15 is 0 Å². The van der Waals surface area contributed by atoms with E-state index in [2.05, 4.69) is 54.1 Å². The summed E-state index contributed by atoms with van der Waals surface area (Å²) < 4.78 is 2.00. The van der Waals surface area contributed by atoms with Crippen molar-refractivity contribution in [2.45, 2.75) is 19.4 Å². The lowest BCUT2D eigenvalue weighted by Crippen LogP contribution is -2.20. The lowest BCUT2D eigenvalue weighted by atomic mass is 10.2. The van der Waals surface area contributed by atoms with Gasteiger partial charge in [-0.1, -0.05) is 6.92 Å². The Balaban J connectivity index is 1.85. The third-order valence-corrected chi connectivity index (χ3v) is 4.63. The monoisotopic (exact) mass is 389 g/mol. The Hall–Kier alpha value is -0.300. The van der Waals surface area contributed by atoms with Crippen molar-refractivity contribution in [2.75, 3.05) is 6.54 Å². The lowest BCUT2D eigenvalue weighted by Gasteiger charge is -2.10. The smallest absolute Gasteiger partial charge is 0.0965 e. The van der Waals surface area contributed by atoms with Crippen molar-refractivity contribution in [1.82, 2.24) is 15.3 Å². The number of rotatable bonds is 5. The lowest BCUT2D eigenvalue weighted by molar-refractivity contribution is 0.605. The summed E-state index contributed by atoms with van der Waals surface area (Å²) in [7, 11) is 0. The summed E-state index contributed by atoms with van der Waals surface area (Å²) in [6.07, 6.45) is 3.66. The molecule has 6 heteroatoms. The Morgan fingerprint density at radius 2 is 2.22 bits per heavy atom. The molecule has 18 heavy (non-hydrogen) atoms. The number of aromatic nitrogens is 2. The number of hydrogen-bond acceptors (Lipinski definition) is 4. The molecule has 0 saturated heterocycles. The second-order valence-electron chi connectivity index (χ2n) is 3.98. The molecule has 1 unspecified atom stereocenters. The van der Waals surface area contributed by atoms with Crippen molar-refractivity contribution in [3.63, 3.8) is 0 Å². The zero-order valence-electron chi connectivity index (χ0n) is 9.86. The summed E-state index contributed by atoms with van der Waals surface area (Å²) in [5, 5.41) is 6.59. The molecule has 2 rings (SSSR count). The van der Waals surface area contributed by atoms with Crippen LogP contribution in [-0.2, 0) is 6.54 Å². The summed E-state index contributed by atoms with van der Waals surface area (Å²) in [6, 6.07) is 2.01. The van der Waals surface area contributed by atoms with Crippen LogP contribution in [0.2, 0.25) is 0 Å². The van der Waals surface area contributed by atoms with Gasteiger partial charge in [0.05, 0.1) is 10.7 Å². The third kappa shape index (κ3) is 3.85. The molecule has 0 amide bonds. The van der Waals surface area contributed by atoms with E-state index in [-0.39, 0.29) is 0 Å². The number of nitrogens with zero attached hydrogens (tertiary/aromatic N) is 2. The molecule has 2 aromatic heterocycles. The van der Waals surface area contributed by atoms with Gasteiger partial charge in [0.1, 0.15) is 0 Å². The Kier molecular flexibility index (Phi) is 5.29. The summed E-state index contributed by atoms with van der Waals surface area (Å²) in [5.41, 5.74) is 1.02. The van der Waals surface area contributed by atoms with Crippen molar-refractivity contribution >= 4 is 43.2 Å².